The molecule has 0 rings (SSSR count). The van der Waals surface area contributed by atoms with Crippen LogP contribution in [0.15, 0.2) is 24.3 Å². The molecule has 0 saturated heterocycles. The topological polar surface area (TPSA) is 49.3 Å². The molecule has 2 N–H and O–H groups in total. The van der Waals surface area contributed by atoms with Gasteiger partial charge in [0.2, 0.25) is 0 Å². The molecule has 0 aromatic heterocycles. The van der Waals surface area contributed by atoms with Gasteiger partial charge in [0.15, 0.2) is 11.1 Å². The zero-order chi connectivity index (χ0) is 17.3. The fraction of sp³-hybridized carbons (Fsp3) is 0.733. The van der Waals surface area contributed by atoms with Crippen LogP contribution in [0.5, 0.6) is 0 Å². The van der Waals surface area contributed by atoms with Crippen molar-refractivity contribution in [3.8, 4) is 0 Å². The van der Waals surface area contributed by atoms with Crippen molar-refractivity contribution in [3.05, 3.63) is 24.3 Å². The van der Waals surface area contributed by atoms with Gasteiger partial charge in [-0.05, 0) is 34.1 Å². The zero-order valence-electron chi connectivity index (χ0n) is 14.0. The highest BCUT2D eigenvalue weighted by Gasteiger charge is 2.31. The van der Waals surface area contributed by atoms with Crippen LogP contribution in [-0.2, 0) is 11.1 Å². The van der Waals surface area contributed by atoms with Crippen molar-refractivity contribution >= 4 is 11.1 Å². The molecule has 0 aliphatic rings. The van der Waals surface area contributed by atoms with Crippen molar-refractivity contribution < 1.29 is 17.5 Å². The molecule has 0 amide bonds. The lowest BCUT2D eigenvalue weighted by Gasteiger charge is -2.18. The molecule has 128 valence electrons. The van der Waals surface area contributed by atoms with Gasteiger partial charge in [-0.1, -0.05) is 38.2 Å². The maximum atomic E-state index is 12.9. The molecule has 0 aliphatic heterocycles. The summed E-state index contributed by atoms with van der Waals surface area (Å²) in [6.45, 7) is 11.1. The molecule has 0 bridgehead atoms. The Balaban J connectivity index is -0.000000461. The van der Waals surface area contributed by atoms with Crippen LogP contribution in [0.25, 0.3) is 0 Å². The van der Waals surface area contributed by atoms with Crippen LogP contribution in [0.2, 0.25) is 0 Å². The molecule has 0 saturated carbocycles. The lowest BCUT2D eigenvalue weighted by molar-refractivity contribution is 0.0238. The third kappa shape index (κ3) is 24.8. The van der Waals surface area contributed by atoms with E-state index >= 15 is 0 Å². The lowest BCUT2D eigenvalue weighted by Crippen LogP contribution is -2.40. The van der Waals surface area contributed by atoms with E-state index in [0.29, 0.717) is 6.42 Å². The third-order valence-corrected chi connectivity index (χ3v) is 2.77. The molecule has 0 aromatic rings. The van der Waals surface area contributed by atoms with E-state index in [4.69, 9.17) is 4.55 Å². The summed E-state index contributed by atoms with van der Waals surface area (Å²) in [7, 11) is 0. The van der Waals surface area contributed by atoms with E-state index in [1.54, 1.807) is 6.92 Å². The fourth-order valence-electron chi connectivity index (χ4n) is 0.979. The first-order chi connectivity index (χ1) is 9.79. The average Bonchev–Trinajstić information content (AvgIpc) is 2.44. The van der Waals surface area contributed by atoms with Gasteiger partial charge in [-0.25, -0.2) is 13.0 Å². The van der Waals surface area contributed by atoms with Crippen LogP contribution in [-0.4, -0.2) is 33.0 Å². The summed E-state index contributed by atoms with van der Waals surface area (Å²) in [5.74, 6) is -4.15. The SMILES string of the molecule is C/C=C/CC(C)NCC(F)(F)CS(=O)O.C/C=C\C.CC. The Bertz CT molecular complexity index is 291. The molecule has 0 aromatic carbocycles. The van der Waals surface area contributed by atoms with Crippen molar-refractivity contribution in [2.24, 2.45) is 0 Å². The first-order valence-electron chi connectivity index (χ1n) is 7.16. The summed E-state index contributed by atoms with van der Waals surface area (Å²) in [5.41, 5.74) is 0. The highest BCUT2D eigenvalue weighted by molar-refractivity contribution is 7.79. The van der Waals surface area contributed by atoms with E-state index < -0.39 is 29.3 Å². The molecule has 3 nitrogen and oxygen atoms in total. The van der Waals surface area contributed by atoms with Crippen molar-refractivity contribution in [2.45, 2.75) is 59.9 Å². The van der Waals surface area contributed by atoms with E-state index in [0.717, 1.165) is 0 Å². The van der Waals surface area contributed by atoms with Crippen LogP contribution < -0.4 is 5.32 Å². The van der Waals surface area contributed by atoms with E-state index in [1.165, 1.54) is 0 Å². The van der Waals surface area contributed by atoms with Crippen LogP contribution in [0.4, 0.5) is 8.78 Å². The number of nitrogens with one attached hydrogen (secondary N) is 1. The summed E-state index contributed by atoms with van der Waals surface area (Å²) in [6.07, 6.45) is 8.38. The smallest absolute Gasteiger partial charge is 0.273 e. The van der Waals surface area contributed by atoms with Gasteiger partial charge in [0, 0.05) is 6.04 Å². The Kier molecular flexibility index (Phi) is 21.1. The second kappa shape index (κ2) is 17.5. The predicted molar refractivity (Wildman–Crippen MR) is 89.3 cm³/mol. The number of hydrogen-bond acceptors (Lipinski definition) is 2. The molecule has 0 heterocycles. The van der Waals surface area contributed by atoms with E-state index in [9.17, 15) is 13.0 Å². The molecule has 6 heteroatoms. The monoisotopic (exact) mass is 327 g/mol. The number of hydrogen-bond donors (Lipinski definition) is 2. The van der Waals surface area contributed by atoms with Crippen LogP contribution in [0.3, 0.4) is 0 Å². The Morgan fingerprint density at radius 1 is 1.19 bits per heavy atom. The first kappa shape index (κ1) is 25.4. The minimum absolute atomic E-state index is 0.0702. The van der Waals surface area contributed by atoms with Crippen LogP contribution in [0.1, 0.15) is 48.0 Å². The Hall–Kier alpha value is -0.590. The van der Waals surface area contributed by atoms with Crippen molar-refractivity contribution in [3.63, 3.8) is 0 Å². The van der Waals surface area contributed by atoms with Gasteiger partial charge >= 0.3 is 0 Å². The maximum Gasteiger partial charge on any atom is 0.273 e. The summed E-state index contributed by atoms with van der Waals surface area (Å²) in [4.78, 5) is 0. The predicted octanol–water partition coefficient (Wildman–Crippen LogP) is 4.40. The fourth-order valence-corrected chi connectivity index (χ4v) is 1.44. The highest BCUT2D eigenvalue weighted by Crippen LogP contribution is 2.13. The summed E-state index contributed by atoms with van der Waals surface area (Å²) in [6, 6.07) is -0.0702. The van der Waals surface area contributed by atoms with Gasteiger partial charge < -0.3 is 9.87 Å². The minimum atomic E-state index is -3.14. The number of alkyl halides is 2. The summed E-state index contributed by atoms with van der Waals surface area (Å²) < 4.78 is 44.4. The molecule has 0 fully saturated rings. The van der Waals surface area contributed by atoms with Gasteiger partial charge in [0.1, 0.15) is 5.75 Å². The average molecular weight is 327 g/mol. The minimum Gasteiger partial charge on any atom is -0.308 e. The largest absolute Gasteiger partial charge is 0.308 e. The molecule has 2 atom stereocenters. The third-order valence-electron chi connectivity index (χ3n) is 2.10. The summed E-state index contributed by atoms with van der Waals surface area (Å²) >= 11 is -2.46. The summed E-state index contributed by atoms with van der Waals surface area (Å²) in [5, 5.41) is 2.62. The molecule has 2 unspecified atom stereocenters. The molecule has 0 aliphatic carbocycles. The second-order valence-corrected chi connectivity index (χ2v) is 5.01. The van der Waals surface area contributed by atoms with Gasteiger partial charge in [-0.2, -0.15) is 0 Å². The second-order valence-electron chi connectivity index (χ2n) is 4.08. The Labute approximate surface area is 131 Å². The standard InChI is InChI=1S/C9H17F2NO2S.C4H8.C2H6/c1-3-4-5-8(2)12-6-9(10,11)7-15(13)14;1-3-4-2;1-2/h3-4,8,12H,5-7H2,1-2H3,(H,13,14);3-4H,1-2H3;1-2H3/b4-3+;4-3-;. The Morgan fingerprint density at radius 2 is 1.67 bits per heavy atom. The number of allylic oxidation sites excluding steroid dienone is 3. The lowest BCUT2D eigenvalue weighted by atomic mass is 10.2. The molecule has 0 radical (unpaired) electrons. The molecule has 21 heavy (non-hydrogen) atoms. The van der Waals surface area contributed by atoms with Gasteiger partial charge in [-0.15, -0.1) is 0 Å². The first-order valence-corrected chi connectivity index (χ1v) is 8.43. The van der Waals surface area contributed by atoms with Gasteiger partial charge in [0.05, 0.1) is 6.54 Å². The number of rotatable bonds is 7. The van der Waals surface area contributed by atoms with Gasteiger partial charge in [-0.3, -0.25) is 0 Å². The maximum absolute atomic E-state index is 12.9. The van der Waals surface area contributed by atoms with Crippen molar-refractivity contribution in [2.75, 3.05) is 12.3 Å². The highest BCUT2D eigenvalue weighted by atomic mass is 32.2. The van der Waals surface area contributed by atoms with E-state index in [1.807, 2.05) is 58.9 Å². The van der Waals surface area contributed by atoms with Crippen LogP contribution in [0, 0.1) is 0 Å². The van der Waals surface area contributed by atoms with Crippen molar-refractivity contribution in [1.82, 2.24) is 5.32 Å². The molecular formula is C15H31F2NO2S. The molecule has 0 spiro atoms. The normalized spacial score (nSPS) is 14.1. The van der Waals surface area contributed by atoms with E-state index in [2.05, 4.69) is 5.32 Å². The zero-order valence-corrected chi connectivity index (χ0v) is 14.8. The quantitative estimate of drug-likeness (QED) is 0.538. The number of halogens is 2. The van der Waals surface area contributed by atoms with Crippen molar-refractivity contribution in [1.29, 1.82) is 0 Å². The Morgan fingerprint density at radius 3 is 2.00 bits per heavy atom. The molecular weight excluding hydrogens is 296 g/mol. The van der Waals surface area contributed by atoms with Gasteiger partial charge in [0.25, 0.3) is 5.92 Å². The van der Waals surface area contributed by atoms with Crippen LogP contribution >= 0.6 is 0 Å². The van der Waals surface area contributed by atoms with E-state index in [-0.39, 0.29) is 6.04 Å².